The van der Waals surface area contributed by atoms with E-state index >= 15 is 0 Å². The maximum Gasteiger partial charge on any atom is 0.0589 e. The zero-order valence-electron chi connectivity index (χ0n) is 10.0. The second-order valence-electron chi connectivity index (χ2n) is 3.49. The molecule has 3 heteroatoms. The third-order valence-electron chi connectivity index (χ3n) is 2.39. The van der Waals surface area contributed by atoms with Crippen LogP contribution in [0.5, 0.6) is 0 Å². The van der Waals surface area contributed by atoms with Crippen molar-refractivity contribution >= 4 is 0 Å². The van der Waals surface area contributed by atoms with Crippen LogP contribution in [0.25, 0.3) is 0 Å². The predicted molar refractivity (Wildman–Crippen MR) is 61.8 cm³/mol. The third kappa shape index (κ3) is 8.48. The molecule has 3 nitrogen and oxygen atoms in total. The first-order valence-corrected chi connectivity index (χ1v) is 5.77. The van der Waals surface area contributed by atoms with Crippen molar-refractivity contribution < 1.29 is 4.74 Å². The summed E-state index contributed by atoms with van der Waals surface area (Å²) >= 11 is 0. The summed E-state index contributed by atoms with van der Waals surface area (Å²) in [6.07, 6.45) is 2.56. The maximum atomic E-state index is 5.07. The Bertz CT molecular complexity index is 109. The lowest BCUT2D eigenvalue weighted by Gasteiger charge is -2.19. The highest BCUT2D eigenvalue weighted by atomic mass is 16.5. The van der Waals surface area contributed by atoms with Crippen molar-refractivity contribution in [2.24, 2.45) is 0 Å². The average molecular weight is 202 g/mol. The molecule has 0 saturated heterocycles. The van der Waals surface area contributed by atoms with Crippen LogP contribution in [0.4, 0.5) is 0 Å². The van der Waals surface area contributed by atoms with Crippen molar-refractivity contribution in [1.82, 2.24) is 10.2 Å². The van der Waals surface area contributed by atoms with Crippen LogP contribution in [-0.4, -0.2) is 51.3 Å². The largest absolute Gasteiger partial charge is 0.383 e. The minimum Gasteiger partial charge on any atom is -0.383 e. The van der Waals surface area contributed by atoms with Crippen molar-refractivity contribution in [3.05, 3.63) is 0 Å². The zero-order valence-corrected chi connectivity index (χ0v) is 10.0. The SMILES string of the molecule is CCNCCCCN(CC)CCOC. The van der Waals surface area contributed by atoms with Gasteiger partial charge in [0.05, 0.1) is 6.61 Å². The second kappa shape index (κ2) is 11.0. The topological polar surface area (TPSA) is 24.5 Å². The smallest absolute Gasteiger partial charge is 0.0589 e. The molecule has 0 aliphatic carbocycles. The van der Waals surface area contributed by atoms with E-state index in [2.05, 4.69) is 24.1 Å². The standard InChI is InChI=1S/C11H26N2O/c1-4-12-8-6-7-9-13(5-2)10-11-14-3/h12H,4-11H2,1-3H3. The van der Waals surface area contributed by atoms with Crippen LogP contribution < -0.4 is 5.32 Å². The fraction of sp³-hybridized carbons (Fsp3) is 1.00. The van der Waals surface area contributed by atoms with Crippen LogP contribution in [0.1, 0.15) is 26.7 Å². The number of hydrogen-bond acceptors (Lipinski definition) is 3. The average Bonchev–Trinajstić information content (AvgIpc) is 2.22. The quantitative estimate of drug-likeness (QED) is 0.541. The van der Waals surface area contributed by atoms with Crippen LogP contribution in [0.2, 0.25) is 0 Å². The number of hydrogen-bond donors (Lipinski definition) is 1. The zero-order chi connectivity index (χ0) is 10.6. The van der Waals surface area contributed by atoms with Crippen LogP contribution in [0.15, 0.2) is 0 Å². The number of ether oxygens (including phenoxy) is 1. The summed E-state index contributed by atoms with van der Waals surface area (Å²) in [5, 5.41) is 3.34. The normalized spacial score (nSPS) is 11.1. The minimum atomic E-state index is 0.848. The summed E-state index contributed by atoms with van der Waals surface area (Å²) < 4.78 is 5.07. The first kappa shape index (κ1) is 13.9. The van der Waals surface area contributed by atoms with E-state index in [1.54, 1.807) is 7.11 Å². The first-order valence-electron chi connectivity index (χ1n) is 5.77. The Morgan fingerprint density at radius 3 is 2.50 bits per heavy atom. The van der Waals surface area contributed by atoms with Crippen LogP contribution in [-0.2, 0) is 4.74 Å². The lowest BCUT2D eigenvalue weighted by molar-refractivity contribution is 0.150. The van der Waals surface area contributed by atoms with E-state index in [4.69, 9.17) is 4.74 Å². The van der Waals surface area contributed by atoms with Gasteiger partial charge in [-0.15, -0.1) is 0 Å². The summed E-state index contributed by atoms with van der Waals surface area (Å²) in [5.41, 5.74) is 0. The Balaban J connectivity index is 3.24. The highest BCUT2D eigenvalue weighted by Crippen LogP contribution is 1.94. The fourth-order valence-electron chi connectivity index (χ4n) is 1.41. The molecule has 0 aromatic heterocycles. The van der Waals surface area contributed by atoms with Gasteiger partial charge in [0.15, 0.2) is 0 Å². The predicted octanol–water partition coefficient (Wildman–Crippen LogP) is 1.34. The molecule has 0 aliphatic rings. The number of nitrogens with one attached hydrogen (secondary N) is 1. The molecule has 0 aromatic rings. The molecule has 14 heavy (non-hydrogen) atoms. The summed E-state index contributed by atoms with van der Waals surface area (Å²) in [7, 11) is 1.76. The molecule has 0 rings (SSSR count). The molecule has 0 fully saturated rings. The molecule has 0 aliphatic heterocycles. The molecule has 1 N–H and O–H groups in total. The molecule has 0 bridgehead atoms. The Kier molecular flexibility index (Phi) is 10.9. The van der Waals surface area contributed by atoms with Gasteiger partial charge in [0.1, 0.15) is 0 Å². The van der Waals surface area contributed by atoms with Crippen LogP contribution in [0, 0.1) is 0 Å². The molecule has 0 saturated carbocycles. The van der Waals surface area contributed by atoms with Gasteiger partial charge in [-0.3, -0.25) is 0 Å². The van der Waals surface area contributed by atoms with Gasteiger partial charge in [-0.05, 0) is 39.0 Å². The molecular formula is C11H26N2O. The van der Waals surface area contributed by atoms with Gasteiger partial charge < -0.3 is 15.0 Å². The van der Waals surface area contributed by atoms with E-state index < -0.39 is 0 Å². The van der Waals surface area contributed by atoms with Crippen molar-refractivity contribution in [1.29, 1.82) is 0 Å². The summed E-state index contributed by atoms with van der Waals surface area (Å²) in [4.78, 5) is 2.44. The molecule has 86 valence electrons. The van der Waals surface area contributed by atoms with Crippen molar-refractivity contribution in [3.63, 3.8) is 0 Å². The molecular weight excluding hydrogens is 176 g/mol. The van der Waals surface area contributed by atoms with E-state index in [0.717, 1.165) is 32.8 Å². The number of nitrogens with zero attached hydrogens (tertiary/aromatic N) is 1. The summed E-state index contributed by atoms with van der Waals surface area (Å²) in [6, 6.07) is 0. The van der Waals surface area contributed by atoms with E-state index in [1.807, 2.05) is 0 Å². The lowest BCUT2D eigenvalue weighted by Crippen LogP contribution is -2.28. The molecule has 0 spiro atoms. The van der Waals surface area contributed by atoms with Crippen LogP contribution in [0.3, 0.4) is 0 Å². The Morgan fingerprint density at radius 1 is 1.14 bits per heavy atom. The van der Waals surface area contributed by atoms with Gasteiger partial charge in [0.25, 0.3) is 0 Å². The highest BCUT2D eigenvalue weighted by molar-refractivity contribution is 4.56. The number of likely N-dealkylation sites (N-methyl/N-ethyl adjacent to an activating group) is 1. The van der Waals surface area contributed by atoms with Crippen molar-refractivity contribution in [3.8, 4) is 0 Å². The molecule has 0 amide bonds. The number of methoxy groups -OCH3 is 1. The van der Waals surface area contributed by atoms with Crippen LogP contribution >= 0.6 is 0 Å². The second-order valence-corrected chi connectivity index (χ2v) is 3.49. The van der Waals surface area contributed by atoms with E-state index in [9.17, 15) is 0 Å². The van der Waals surface area contributed by atoms with Gasteiger partial charge in [-0.2, -0.15) is 0 Å². The molecule has 0 unspecified atom stereocenters. The molecule has 0 radical (unpaired) electrons. The first-order chi connectivity index (χ1) is 6.85. The van der Waals surface area contributed by atoms with Gasteiger partial charge in [0, 0.05) is 13.7 Å². The molecule has 0 heterocycles. The van der Waals surface area contributed by atoms with Gasteiger partial charge in [0.2, 0.25) is 0 Å². The van der Waals surface area contributed by atoms with E-state index in [-0.39, 0.29) is 0 Å². The van der Waals surface area contributed by atoms with Crippen molar-refractivity contribution in [2.45, 2.75) is 26.7 Å². The number of rotatable bonds is 10. The minimum absolute atomic E-state index is 0.848. The monoisotopic (exact) mass is 202 g/mol. The Hall–Kier alpha value is -0.120. The van der Waals surface area contributed by atoms with E-state index in [1.165, 1.54) is 19.4 Å². The van der Waals surface area contributed by atoms with Crippen molar-refractivity contribution in [2.75, 3.05) is 46.4 Å². The molecule has 0 aromatic carbocycles. The molecule has 0 atom stereocenters. The summed E-state index contributed by atoms with van der Waals surface area (Å²) in [6.45, 7) is 10.8. The Labute approximate surface area is 88.8 Å². The lowest BCUT2D eigenvalue weighted by atomic mass is 10.3. The van der Waals surface area contributed by atoms with Gasteiger partial charge in [-0.1, -0.05) is 13.8 Å². The maximum absolute atomic E-state index is 5.07. The van der Waals surface area contributed by atoms with Gasteiger partial charge >= 0.3 is 0 Å². The third-order valence-corrected chi connectivity index (χ3v) is 2.39. The number of unbranched alkanes of at least 4 members (excludes halogenated alkanes) is 1. The van der Waals surface area contributed by atoms with Gasteiger partial charge in [-0.25, -0.2) is 0 Å². The van der Waals surface area contributed by atoms with E-state index in [0.29, 0.717) is 0 Å². The fourth-order valence-corrected chi connectivity index (χ4v) is 1.41. The summed E-state index contributed by atoms with van der Waals surface area (Å²) in [5.74, 6) is 0. The Morgan fingerprint density at radius 2 is 1.93 bits per heavy atom. The highest BCUT2D eigenvalue weighted by Gasteiger charge is 2.00.